The predicted molar refractivity (Wildman–Crippen MR) is 74.3 cm³/mol. The van der Waals surface area contributed by atoms with Crippen LogP contribution in [0.4, 0.5) is 5.69 Å². The molecule has 5 nitrogen and oxygen atoms in total. The highest BCUT2D eigenvalue weighted by Crippen LogP contribution is 2.18. The van der Waals surface area contributed by atoms with E-state index in [-0.39, 0.29) is 17.5 Å². The molecular formula is C14H20N2O3. The van der Waals surface area contributed by atoms with E-state index in [1.165, 1.54) is 0 Å². The van der Waals surface area contributed by atoms with Gasteiger partial charge in [0.15, 0.2) is 0 Å². The van der Waals surface area contributed by atoms with Gasteiger partial charge in [-0.05, 0) is 38.8 Å². The summed E-state index contributed by atoms with van der Waals surface area (Å²) in [6.45, 7) is 3.70. The number of rotatable bonds is 6. The Labute approximate surface area is 112 Å². The zero-order valence-electron chi connectivity index (χ0n) is 11.3. The number of aromatic carboxylic acids is 1. The van der Waals surface area contributed by atoms with Gasteiger partial charge in [-0.25, -0.2) is 4.79 Å². The summed E-state index contributed by atoms with van der Waals surface area (Å²) >= 11 is 0. The van der Waals surface area contributed by atoms with Gasteiger partial charge < -0.3 is 16.2 Å². The summed E-state index contributed by atoms with van der Waals surface area (Å²) < 4.78 is 0. The molecule has 1 unspecified atom stereocenters. The Kier molecular flexibility index (Phi) is 5.51. The van der Waals surface area contributed by atoms with E-state index >= 15 is 0 Å². The van der Waals surface area contributed by atoms with Crippen LogP contribution in [0.2, 0.25) is 0 Å². The van der Waals surface area contributed by atoms with Gasteiger partial charge in [0.05, 0.1) is 11.3 Å². The van der Waals surface area contributed by atoms with E-state index < -0.39 is 5.97 Å². The third-order valence-electron chi connectivity index (χ3n) is 2.74. The molecule has 19 heavy (non-hydrogen) atoms. The molecule has 0 radical (unpaired) electrons. The Morgan fingerprint density at radius 3 is 2.68 bits per heavy atom. The number of anilines is 1. The lowest BCUT2D eigenvalue weighted by Gasteiger charge is -2.10. The van der Waals surface area contributed by atoms with Crippen LogP contribution in [-0.4, -0.2) is 23.0 Å². The lowest BCUT2D eigenvalue weighted by Crippen LogP contribution is -2.17. The van der Waals surface area contributed by atoms with Gasteiger partial charge in [-0.15, -0.1) is 0 Å². The van der Waals surface area contributed by atoms with E-state index in [9.17, 15) is 9.59 Å². The van der Waals surface area contributed by atoms with E-state index in [2.05, 4.69) is 5.32 Å². The smallest absolute Gasteiger partial charge is 0.337 e. The lowest BCUT2D eigenvalue weighted by atomic mass is 10.1. The molecule has 0 aromatic heterocycles. The van der Waals surface area contributed by atoms with Crippen LogP contribution in [0, 0.1) is 6.92 Å². The SMILES string of the molecule is Cc1ccc(NC(=O)CCCC(C)N)c(C(=O)O)c1. The normalized spacial score (nSPS) is 11.9. The van der Waals surface area contributed by atoms with Crippen LogP contribution in [0.25, 0.3) is 0 Å². The van der Waals surface area contributed by atoms with Gasteiger partial charge in [0.1, 0.15) is 0 Å². The molecule has 0 heterocycles. The predicted octanol–water partition coefficient (Wildman–Crippen LogP) is 2.15. The largest absolute Gasteiger partial charge is 0.478 e. The van der Waals surface area contributed by atoms with Crippen LogP contribution in [0.1, 0.15) is 42.1 Å². The Morgan fingerprint density at radius 2 is 2.11 bits per heavy atom. The minimum atomic E-state index is -1.05. The zero-order valence-corrected chi connectivity index (χ0v) is 11.3. The van der Waals surface area contributed by atoms with Crippen molar-refractivity contribution in [2.24, 2.45) is 5.73 Å². The molecule has 0 bridgehead atoms. The number of nitrogens with one attached hydrogen (secondary N) is 1. The van der Waals surface area contributed by atoms with Crippen molar-refractivity contribution in [3.8, 4) is 0 Å². The number of carboxylic acid groups (broad SMARTS) is 1. The second-order valence-corrected chi connectivity index (χ2v) is 4.77. The van der Waals surface area contributed by atoms with Crippen LogP contribution in [0.5, 0.6) is 0 Å². The fourth-order valence-electron chi connectivity index (χ4n) is 1.74. The Bertz CT molecular complexity index is 470. The van der Waals surface area contributed by atoms with Gasteiger partial charge in [0.25, 0.3) is 0 Å². The third-order valence-corrected chi connectivity index (χ3v) is 2.74. The van der Waals surface area contributed by atoms with E-state index in [0.29, 0.717) is 18.5 Å². The molecule has 1 atom stereocenters. The summed E-state index contributed by atoms with van der Waals surface area (Å²) in [6.07, 6.45) is 1.80. The van der Waals surface area contributed by atoms with Crippen LogP contribution >= 0.6 is 0 Å². The fourth-order valence-corrected chi connectivity index (χ4v) is 1.74. The first kappa shape index (κ1) is 15.2. The third kappa shape index (κ3) is 5.09. The number of carbonyl (C=O) groups is 2. The van der Waals surface area contributed by atoms with E-state index in [4.69, 9.17) is 10.8 Å². The maximum absolute atomic E-state index is 11.7. The average molecular weight is 264 g/mol. The van der Waals surface area contributed by atoms with Crippen molar-refractivity contribution in [3.63, 3.8) is 0 Å². The number of aryl methyl sites for hydroxylation is 1. The maximum atomic E-state index is 11.7. The topological polar surface area (TPSA) is 92.4 Å². The second kappa shape index (κ2) is 6.89. The summed E-state index contributed by atoms with van der Waals surface area (Å²) in [7, 11) is 0. The second-order valence-electron chi connectivity index (χ2n) is 4.77. The molecular weight excluding hydrogens is 244 g/mol. The van der Waals surface area contributed by atoms with Crippen molar-refractivity contribution in [1.29, 1.82) is 0 Å². The Balaban J connectivity index is 2.66. The molecule has 1 amide bonds. The molecule has 0 saturated carbocycles. The molecule has 0 fully saturated rings. The van der Waals surface area contributed by atoms with Gasteiger partial charge in [-0.2, -0.15) is 0 Å². The van der Waals surface area contributed by atoms with E-state index in [1.54, 1.807) is 25.1 Å². The van der Waals surface area contributed by atoms with Gasteiger partial charge in [0, 0.05) is 12.5 Å². The number of nitrogens with two attached hydrogens (primary N) is 1. The van der Waals surface area contributed by atoms with Crippen LogP contribution in [-0.2, 0) is 4.79 Å². The molecule has 0 saturated heterocycles. The molecule has 4 N–H and O–H groups in total. The molecule has 0 aliphatic rings. The molecule has 0 aliphatic heterocycles. The van der Waals surface area contributed by atoms with Crippen molar-refractivity contribution < 1.29 is 14.7 Å². The fraction of sp³-hybridized carbons (Fsp3) is 0.429. The number of carboxylic acids is 1. The van der Waals surface area contributed by atoms with Crippen LogP contribution in [0.15, 0.2) is 18.2 Å². The number of benzene rings is 1. The van der Waals surface area contributed by atoms with Gasteiger partial charge >= 0.3 is 5.97 Å². The first-order chi connectivity index (χ1) is 8.90. The molecule has 5 heteroatoms. The highest BCUT2D eigenvalue weighted by Gasteiger charge is 2.12. The van der Waals surface area contributed by atoms with Crippen LogP contribution < -0.4 is 11.1 Å². The van der Waals surface area contributed by atoms with Crippen LogP contribution in [0.3, 0.4) is 0 Å². The number of carbonyl (C=O) groups excluding carboxylic acids is 1. The summed E-state index contributed by atoms with van der Waals surface area (Å²) in [5.74, 6) is -1.23. The summed E-state index contributed by atoms with van der Waals surface area (Å²) in [6, 6.07) is 4.99. The molecule has 0 spiro atoms. The number of hydrogen-bond donors (Lipinski definition) is 3. The maximum Gasteiger partial charge on any atom is 0.337 e. The molecule has 0 aliphatic carbocycles. The number of hydrogen-bond acceptors (Lipinski definition) is 3. The lowest BCUT2D eigenvalue weighted by molar-refractivity contribution is -0.116. The molecule has 1 aromatic rings. The van der Waals surface area contributed by atoms with E-state index in [0.717, 1.165) is 12.0 Å². The highest BCUT2D eigenvalue weighted by atomic mass is 16.4. The molecule has 104 valence electrons. The highest BCUT2D eigenvalue weighted by molar-refractivity contribution is 6.00. The van der Waals surface area contributed by atoms with E-state index in [1.807, 2.05) is 6.92 Å². The first-order valence-corrected chi connectivity index (χ1v) is 6.29. The standard InChI is InChI=1S/C14H20N2O3/c1-9-6-7-12(11(8-9)14(18)19)16-13(17)5-3-4-10(2)15/h6-8,10H,3-5,15H2,1-2H3,(H,16,17)(H,18,19). The summed E-state index contributed by atoms with van der Waals surface area (Å²) in [4.78, 5) is 22.8. The van der Waals surface area contributed by atoms with Gasteiger partial charge in [-0.1, -0.05) is 11.6 Å². The Hall–Kier alpha value is -1.88. The van der Waals surface area contributed by atoms with Gasteiger partial charge in [-0.3, -0.25) is 4.79 Å². The monoisotopic (exact) mass is 264 g/mol. The first-order valence-electron chi connectivity index (χ1n) is 6.29. The minimum absolute atomic E-state index is 0.0711. The van der Waals surface area contributed by atoms with Crippen molar-refractivity contribution in [2.75, 3.05) is 5.32 Å². The molecule has 1 aromatic carbocycles. The van der Waals surface area contributed by atoms with Crippen molar-refractivity contribution in [3.05, 3.63) is 29.3 Å². The Morgan fingerprint density at radius 1 is 1.42 bits per heavy atom. The summed E-state index contributed by atoms with van der Waals surface area (Å²) in [5.41, 5.74) is 6.89. The minimum Gasteiger partial charge on any atom is -0.478 e. The summed E-state index contributed by atoms with van der Waals surface area (Å²) in [5, 5.41) is 11.7. The number of amides is 1. The van der Waals surface area contributed by atoms with Gasteiger partial charge in [0.2, 0.25) is 5.91 Å². The van der Waals surface area contributed by atoms with Crippen molar-refractivity contribution in [1.82, 2.24) is 0 Å². The zero-order chi connectivity index (χ0) is 14.4. The molecule has 1 rings (SSSR count). The quantitative estimate of drug-likeness (QED) is 0.734. The van der Waals surface area contributed by atoms with Crippen molar-refractivity contribution in [2.45, 2.75) is 39.2 Å². The van der Waals surface area contributed by atoms with Crippen molar-refractivity contribution >= 4 is 17.6 Å². The average Bonchev–Trinajstić information content (AvgIpc) is 2.30.